The molecule has 2 aromatic heterocycles. The molecule has 0 saturated heterocycles. The van der Waals surface area contributed by atoms with E-state index in [1.54, 1.807) is 21.6 Å². The van der Waals surface area contributed by atoms with Crippen molar-refractivity contribution in [1.82, 2.24) is 24.6 Å². The molecule has 0 aliphatic heterocycles. The first-order chi connectivity index (χ1) is 11.9. The average molecular weight is 339 g/mol. The number of rotatable bonds is 5. The predicted octanol–water partition coefficient (Wildman–Crippen LogP) is 1.86. The first-order valence-electron chi connectivity index (χ1n) is 8.10. The second-order valence-electron chi connectivity index (χ2n) is 6.17. The highest BCUT2D eigenvalue weighted by Crippen LogP contribution is 2.16. The third-order valence-electron chi connectivity index (χ3n) is 4.06. The van der Waals surface area contributed by atoms with Gasteiger partial charge in [0.25, 0.3) is 0 Å². The minimum absolute atomic E-state index is 0.0997. The number of aryl methyl sites for hydroxylation is 2. The standard InChI is InChI=1S/C18H21N5O2/c1-12-8-20-22(10-12)11-17(24)21-14(3)15-4-6-16(7-5-15)23-13(2)9-19-18(23)25/h4-10,14H,11H2,1-3H3,(H,19,25)(H,21,24)/t14-/m0/s1. The number of aromatic amines is 1. The number of H-pyrrole nitrogens is 1. The molecule has 1 aromatic carbocycles. The lowest BCUT2D eigenvalue weighted by atomic mass is 10.1. The van der Waals surface area contributed by atoms with Gasteiger partial charge in [0, 0.05) is 18.1 Å². The molecule has 130 valence electrons. The highest BCUT2D eigenvalue weighted by atomic mass is 16.2. The fraction of sp³-hybridized carbons (Fsp3) is 0.278. The zero-order valence-electron chi connectivity index (χ0n) is 14.5. The van der Waals surface area contributed by atoms with Crippen molar-refractivity contribution >= 4 is 5.91 Å². The summed E-state index contributed by atoms with van der Waals surface area (Å²) >= 11 is 0. The largest absolute Gasteiger partial charge is 0.348 e. The van der Waals surface area contributed by atoms with Gasteiger partial charge in [0.05, 0.1) is 17.9 Å². The van der Waals surface area contributed by atoms with Gasteiger partial charge < -0.3 is 10.3 Å². The van der Waals surface area contributed by atoms with Crippen LogP contribution in [0.5, 0.6) is 0 Å². The molecule has 0 unspecified atom stereocenters. The molecule has 1 amide bonds. The summed E-state index contributed by atoms with van der Waals surface area (Å²) in [5, 5.41) is 7.07. The van der Waals surface area contributed by atoms with Crippen LogP contribution in [0, 0.1) is 13.8 Å². The van der Waals surface area contributed by atoms with E-state index in [0.29, 0.717) is 0 Å². The number of aromatic nitrogens is 4. The lowest BCUT2D eigenvalue weighted by molar-refractivity contribution is -0.122. The number of nitrogens with zero attached hydrogens (tertiary/aromatic N) is 3. The van der Waals surface area contributed by atoms with Gasteiger partial charge in [-0.2, -0.15) is 5.10 Å². The van der Waals surface area contributed by atoms with Crippen LogP contribution in [0.25, 0.3) is 5.69 Å². The Hall–Kier alpha value is -3.09. The van der Waals surface area contributed by atoms with Crippen molar-refractivity contribution in [2.24, 2.45) is 0 Å². The predicted molar refractivity (Wildman–Crippen MR) is 94.6 cm³/mol. The highest BCUT2D eigenvalue weighted by Gasteiger charge is 2.11. The molecule has 0 aliphatic rings. The monoisotopic (exact) mass is 339 g/mol. The van der Waals surface area contributed by atoms with Gasteiger partial charge in [-0.1, -0.05) is 12.1 Å². The molecule has 0 radical (unpaired) electrons. The van der Waals surface area contributed by atoms with Gasteiger partial charge in [0.15, 0.2) is 0 Å². The van der Waals surface area contributed by atoms with E-state index < -0.39 is 0 Å². The molecule has 3 rings (SSSR count). The molecule has 1 atom stereocenters. The van der Waals surface area contributed by atoms with Crippen molar-refractivity contribution in [3.05, 3.63) is 70.2 Å². The lowest BCUT2D eigenvalue weighted by Crippen LogP contribution is -2.30. The summed E-state index contributed by atoms with van der Waals surface area (Å²) in [7, 11) is 0. The molecule has 25 heavy (non-hydrogen) atoms. The highest BCUT2D eigenvalue weighted by molar-refractivity contribution is 5.76. The van der Waals surface area contributed by atoms with Gasteiger partial charge in [-0.3, -0.25) is 14.0 Å². The van der Waals surface area contributed by atoms with Crippen LogP contribution in [0.2, 0.25) is 0 Å². The van der Waals surface area contributed by atoms with E-state index in [2.05, 4.69) is 15.4 Å². The zero-order valence-corrected chi connectivity index (χ0v) is 14.5. The number of carbonyl (C=O) groups is 1. The van der Waals surface area contributed by atoms with E-state index in [1.165, 1.54) is 0 Å². The Morgan fingerprint density at radius 1 is 1.28 bits per heavy atom. The Labute approximate surface area is 145 Å². The summed E-state index contributed by atoms with van der Waals surface area (Å²) in [5.41, 5.74) is 3.45. The van der Waals surface area contributed by atoms with Gasteiger partial charge in [-0.25, -0.2) is 4.79 Å². The first kappa shape index (κ1) is 16.8. The SMILES string of the molecule is Cc1cnn(CC(=O)N[C@@H](C)c2ccc(-n3c(C)c[nH]c3=O)cc2)c1. The molecule has 0 aliphatic carbocycles. The van der Waals surface area contributed by atoms with Crippen LogP contribution in [0.4, 0.5) is 0 Å². The average Bonchev–Trinajstić information content (AvgIpc) is 3.12. The van der Waals surface area contributed by atoms with Crippen LogP contribution in [0.15, 0.2) is 47.7 Å². The number of imidazole rings is 1. The molecular formula is C18H21N5O2. The number of carbonyl (C=O) groups excluding carboxylic acids is 1. The third-order valence-corrected chi connectivity index (χ3v) is 4.06. The van der Waals surface area contributed by atoms with Crippen molar-refractivity contribution in [2.75, 3.05) is 0 Å². The summed E-state index contributed by atoms with van der Waals surface area (Å²) in [5.74, 6) is -0.0997. The molecule has 7 nitrogen and oxygen atoms in total. The molecule has 2 heterocycles. The maximum atomic E-state index is 12.1. The van der Waals surface area contributed by atoms with Crippen molar-refractivity contribution in [2.45, 2.75) is 33.4 Å². The van der Waals surface area contributed by atoms with Crippen LogP contribution in [-0.2, 0) is 11.3 Å². The Bertz CT molecular complexity index is 933. The molecule has 0 spiro atoms. The van der Waals surface area contributed by atoms with Gasteiger partial charge in [-0.15, -0.1) is 0 Å². The van der Waals surface area contributed by atoms with Gasteiger partial charge in [-0.05, 0) is 44.0 Å². The minimum atomic E-state index is -0.166. The number of benzene rings is 1. The minimum Gasteiger partial charge on any atom is -0.348 e. The van der Waals surface area contributed by atoms with Crippen LogP contribution in [0.1, 0.15) is 29.8 Å². The summed E-state index contributed by atoms with van der Waals surface area (Å²) in [4.78, 5) is 26.6. The Kier molecular flexibility index (Phi) is 4.56. The lowest BCUT2D eigenvalue weighted by Gasteiger charge is -2.15. The van der Waals surface area contributed by atoms with Crippen LogP contribution >= 0.6 is 0 Å². The van der Waals surface area contributed by atoms with Crippen molar-refractivity contribution in [3.8, 4) is 5.69 Å². The topological polar surface area (TPSA) is 84.7 Å². The summed E-state index contributed by atoms with van der Waals surface area (Å²) < 4.78 is 3.22. The van der Waals surface area contributed by atoms with Crippen LogP contribution in [0.3, 0.4) is 0 Å². The molecule has 3 aromatic rings. The van der Waals surface area contributed by atoms with E-state index in [1.807, 2.05) is 51.2 Å². The maximum Gasteiger partial charge on any atom is 0.330 e. The number of nitrogens with one attached hydrogen (secondary N) is 2. The normalized spacial score (nSPS) is 12.1. The Morgan fingerprint density at radius 2 is 2.00 bits per heavy atom. The molecular weight excluding hydrogens is 318 g/mol. The quantitative estimate of drug-likeness (QED) is 0.744. The number of hydrogen-bond acceptors (Lipinski definition) is 3. The Balaban J connectivity index is 1.67. The second-order valence-corrected chi connectivity index (χ2v) is 6.17. The molecule has 0 bridgehead atoms. The van der Waals surface area contributed by atoms with Crippen LogP contribution in [-0.4, -0.2) is 25.2 Å². The Morgan fingerprint density at radius 3 is 2.56 bits per heavy atom. The summed E-state index contributed by atoms with van der Waals surface area (Å²) in [6.07, 6.45) is 5.23. The summed E-state index contributed by atoms with van der Waals surface area (Å²) in [6.45, 7) is 5.91. The number of hydrogen-bond donors (Lipinski definition) is 2. The maximum absolute atomic E-state index is 12.1. The van der Waals surface area contributed by atoms with E-state index in [-0.39, 0.29) is 24.2 Å². The summed E-state index contributed by atoms with van der Waals surface area (Å²) in [6, 6.07) is 7.44. The fourth-order valence-corrected chi connectivity index (χ4v) is 2.76. The molecule has 0 saturated carbocycles. The van der Waals surface area contributed by atoms with Gasteiger partial charge in [0.2, 0.25) is 5.91 Å². The smallest absolute Gasteiger partial charge is 0.330 e. The molecule has 0 fully saturated rings. The van der Waals surface area contributed by atoms with E-state index in [9.17, 15) is 9.59 Å². The van der Waals surface area contributed by atoms with Gasteiger partial charge >= 0.3 is 5.69 Å². The van der Waals surface area contributed by atoms with Crippen molar-refractivity contribution < 1.29 is 4.79 Å². The molecule has 2 N–H and O–H groups in total. The van der Waals surface area contributed by atoms with Crippen molar-refractivity contribution in [3.63, 3.8) is 0 Å². The first-order valence-corrected chi connectivity index (χ1v) is 8.10. The van der Waals surface area contributed by atoms with Gasteiger partial charge in [0.1, 0.15) is 6.54 Å². The van der Waals surface area contributed by atoms with Crippen LogP contribution < -0.4 is 11.0 Å². The zero-order chi connectivity index (χ0) is 18.0. The third kappa shape index (κ3) is 3.71. The second kappa shape index (κ2) is 6.80. The van der Waals surface area contributed by atoms with Crippen molar-refractivity contribution in [1.29, 1.82) is 0 Å². The van der Waals surface area contributed by atoms with E-state index in [0.717, 1.165) is 22.5 Å². The fourth-order valence-electron chi connectivity index (χ4n) is 2.76. The van der Waals surface area contributed by atoms with E-state index >= 15 is 0 Å². The molecule has 7 heteroatoms. The van der Waals surface area contributed by atoms with E-state index in [4.69, 9.17) is 0 Å². The number of amides is 1.